The van der Waals surface area contributed by atoms with E-state index in [9.17, 15) is 0 Å². The fraction of sp³-hybridized carbons (Fsp3) is 0.312. The molecule has 1 heterocycles. The van der Waals surface area contributed by atoms with Crippen LogP contribution in [0.2, 0.25) is 0 Å². The van der Waals surface area contributed by atoms with Gasteiger partial charge in [0.1, 0.15) is 0 Å². The first-order valence-corrected chi connectivity index (χ1v) is 6.11. The molecular weight excluding hydrogens is 206 g/mol. The summed E-state index contributed by atoms with van der Waals surface area (Å²) in [6.45, 7) is 9.73. The third kappa shape index (κ3) is 2.38. The van der Waals surface area contributed by atoms with Crippen LogP contribution < -0.4 is 4.57 Å². The average Bonchev–Trinajstić information content (AvgIpc) is 2.33. The minimum Gasteiger partial charge on any atom is -0.195 e. The maximum Gasteiger partial charge on any atom is 0.181 e. The molecule has 0 N–H and O–H groups in total. The molecule has 1 aromatic heterocycles. The van der Waals surface area contributed by atoms with Crippen LogP contribution in [-0.2, 0) is 6.54 Å². The third-order valence-corrected chi connectivity index (χ3v) is 3.57. The highest BCUT2D eigenvalue weighted by atomic mass is 15.0. The number of pyridine rings is 1. The Bertz CT molecular complexity index is 501. The minimum atomic E-state index is 0.959. The lowest BCUT2D eigenvalue weighted by molar-refractivity contribution is -0.700. The lowest BCUT2D eigenvalue weighted by atomic mass is 10.1. The van der Waals surface area contributed by atoms with Crippen LogP contribution in [0.25, 0.3) is 0 Å². The molecule has 1 aromatic carbocycles. The zero-order chi connectivity index (χ0) is 12.4. The second kappa shape index (κ2) is 4.70. The van der Waals surface area contributed by atoms with Gasteiger partial charge in [-0.25, -0.2) is 0 Å². The molecule has 88 valence electrons. The number of hydrogen-bond acceptors (Lipinski definition) is 0. The van der Waals surface area contributed by atoms with Crippen LogP contribution in [-0.4, -0.2) is 0 Å². The molecular formula is C16H20N+. The second-order valence-electron chi connectivity index (χ2n) is 4.75. The smallest absolute Gasteiger partial charge is 0.181 e. The van der Waals surface area contributed by atoms with Crippen LogP contribution in [0.4, 0.5) is 0 Å². The van der Waals surface area contributed by atoms with Crippen LogP contribution in [0.1, 0.15) is 28.1 Å². The molecule has 1 nitrogen and oxygen atoms in total. The van der Waals surface area contributed by atoms with Crippen LogP contribution in [0, 0.1) is 27.7 Å². The quantitative estimate of drug-likeness (QED) is 0.692. The minimum absolute atomic E-state index is 0.959. The summed E-state index contributed by atoms with van der Waals surface area (Å²) in [5.41, 5.74) is 6.80. The number of hydrogen-bond donors (Lipinski definition) is 0. The Hall–Kier alpha value is -1.63. The SMILES string of the molecule is Cc1cc(C)c(C)[n+](Cc2ccccc2)c1C. The highest BCUT2D eigenvalue weighted by Crippen LogP contribution is 2.10. The fourth-order valence-electron chi connectivity index (χ4n) is 2.21. The molecule has 0 radical (unpaired) electrons. The Morgan fingerprint density at radius 3 is 1.88 bits per heavy atom. The molecule has 1 heteroatoms. The third-order valence-electron chi connectivity index (χ3n) is 3.57. The van der Waals surface area contributed by atoms with E-state index in [1.807, 2.05) is 0 Å². The topological polar surface area (TPSA) is 3.88 Å². The van der Waals surface area contributed by atoms with Gasteiger partial charge in [-0.05, 0) is 19.9 Å². The number of benzene rings is 1. The summed E-state index contributed by atoms with van der Waals surface area (Å²) >= 11 is 0. The molecule has 17 heavy (non-hydrogen) atoms. The van der Waals surface area contributed by atoms with E-state index in [-0.39, 0.29) is 0 Å². The Balaban J connectivity index is 2.46. The van der Waals surface area contributed by atoms with Crippen molar-refractivity contribution in [2.75, 3.05) is 0 Å². The summed E-state index contributed by atoms with van der Waals surface area (Å²) < 4.78 is 2.40. The van der Waals surface area contributed by atoms with Gasteiger partial charge < -0.3 is 0 Å². The molecule has 0 bridgehead atoms. The summed E-state index contributed by atoms with van der Waals surface area (Å²) in [5, 5.41) is 0. The zero-order valence-corrected chi connectivity index (χ0v) is 11.1. The van der Waals surface area contributed by atoms with Gasteiger partial charge >= 0.3 is 0 Å². The monoisotopic (exact) mass is 226 g/mol. The molecule has 0 aliphatic heterocycles. The fourth-order valence-corrected chi connectivity index (χ4v) is 2.21. The van der Waals surface area contributed by atoms with E-state index in [4.69, 9.17) is 0 Å². The molecule has 0 unspecified atom stereocenters. The molecule has 0 amide bonds. The van der Waals surface area contributed by atoms with Gasteiger partial charge in [0, 0.05) is 30.5 Å². The molecule has 0 aliphatic rings. The van der Waals surface area contributed by atoms with Crippen molar-refractivity contribution < 1.29 is 4.57 Å². The molecule has 0 saturated carbocycles. The predicted octanol–water partition coefficient (Wildman–Crippen LogP) is 3.26. The van der Waals surface area contributed by atoms with Crippen LogP contribution >= 0.6 is 0 Å². The van der Waals surface area contributed by atoms with Gasteiger partial charge in [0.2, 0.25) is 0 Å². The summed E-state index contributed by atoms with van der Waals surface area (Å²) in [4.78, 5) is 0. The Kier molecular flexibility index (Phi) is 3.28. The lowest BCUT2D eigenvalue weighted by Gasteiger charge is -2.09. The van der Waals surface area contributed by atoms with E-state index in [1.54, 1.807) is 0 Å². The summed E-state index contributed by atoms with van der Waals surface area (Å²) in [7, 11) is 0. The van der Waals surface area contributed by atoms with Gasteiger partial charge in [-0.2, -0.15) is 4.57 Å². The average molecular weight is 226 g/mol. The van der Waals surface area contributed by atoms with Crippen LogP contribution in [0.15, 0.2) is 36.4 Å². The van der Waals surface area contributed by atoms with Gasteiger partial charge in [0.05, 0.1) is 0 Å². The van der Waals surface area contributed by atoms with E-state index in [1.165, 1.54) is 28.1 Å². The Morgan fingerprint density at radius 1 is 0.824 bits per heavy atom. The molecule has 0 aliphatic carbocycles. The van der Waals surface area contributed by atoms with E-state index in [0.717, 1.165) is 6.54 Å². The normalized spacial score (nSPS) is 10.6. The summed E-state index contributed by atoms with van der Waals surface area (Å²) in [5.74, 6) is 0. The number of aromatic nitrogens is 1. The largest absolute Gasteiger partial charge is 0.195 e. The molecule has 0 fully saturated rings. The molecule has 2 aromatic rings. The number of aryl methyl sites for hydroxylation is 2. The van der Waals surface area contributed by atoms with E-state index < -0.39 is 0 Å². The summed E-state index contributed by atoms with van der Waals surface area (Å²) in [6, 6.07) is 12.9. The van der Waals surface area contributed by atoms with E-state index in [2.05, 4.69) is 68.7 Å². The first kappa shape index (κ1) is 11.8. The first-order chi connectivity index (χ1) is 8.09. The number of nitrogens with zero attached hydrogens (tertiary/aromatic N) is 1. The molecule has 0 saturated heterocycles. The van der Waals surface area contributed by atoms with Crippen molar-refractivity contribution >= 4 is 0 Å². The van der Waals surface area contributed by atoms with Crippen molar-refractivity contribution in [1.29, 1.82) is 0 Å². The second-order valence-corrected chi connectivity index (χ2v) is 4.75. The summed E-state index contributed by atoms with van der Waals surface area (Å²) in [6.07, 6.45) is 0. The highest BCUT2D eigenvalue weighted by molar-refractivity contribution is 5.23. The molecule has 0 spiro atoms. The van der Waals surface area contributed by atoms with Gasteiger partial charge in [0.15, 0.2) is 17.9 Å². The van der Waals surface area contributed by atoms with Crippen molar-refractivity contribution in [1.82, 2.24) is 0 Å². The van der Waals surface area contributed by atoms with E-state index in [0.29, 0.717) is 0 Å². The van der Waals surface area contributed by atoms with Crippen molar-refractivity contribution in [3.05, 3.63) is 64.5 Å². The maximum atomic E-state index is 2.40. The lowest BCUT2D eigenvalue weighted by Crippen LogP contribution is -2.42. The maximum absolute atomic E-state index is 2.40. The Morgan fingerprint density at radius 2 is 1.35 bits per heavy atom. The van der Waals surface area contributed by atoms with Crippen LogP contribution in [0.5, 0.6) is 0 Å². The van der Waals surface area contributed by atoms with Gasteiger partial charge in [-0.1, -0.05) is 30.3 Å². The van der Waals surface area contributed by atoms with Gasteiger partial charge in [-0.3, -0.25) is 0 Å². The standard InChI is InChI=1S/C16H20N/c1-12-10-13(2)15(4)17(14(12)3)11-16-8-6-5-7-9-16/h5-10H,11H2,1-4H3/q+1. The predicted molar refractivity (Wildman–Crippen MR) is 71.1 cm³/mol. The van der Waals surface area contributed by atoms with Gasteiger partial charge in [0.25, 0.3) is 0 Å². The highest BCUT2D eigenvalue weighted by Gasteiger charge is 2.16. The molecule has 2 rings (SSSR count). The first-order valence-electron chi connectivity index (χ1n) is 6.11. The van der Waals surface area contributed by atoms with Crippen molar-refractivity contribution in [3.8, 4) is 0 Å². The van der Waals surface area contributed by atoms with E-state index >= 15 is 0 Å². The van der Waals surface area contributed by atoms with Crippen molar-refractivity contribution in [2.45, 2.75) is 34.2 Å². The Labute approximate surface area is 104 Å². The van der Waals surface area contributed by atoms with Crippen LogP contribution in [0.3, 0.4) is 0 Å². The van der Waals surface area contributed by atoms with Gasteiger partial charge in [-0.15, -0.1) is 0 Å². The van der Waals surface area contributed by atoms with Crippen molar-refractivity contribution in [2.24, 2.45) is 0 Å². The number of rotatable bonds is 2. The van der Waals surface area contributed by atoms with Crippen molar-refractivity contribution in [3.63, 3.8) is 0 Å². The zero-order valence-electron chi connectivity index (χ0n) is 11.1. The molecule has 0 atom stereocenters.